The van der Waals surface area contributed by atoms with Gasteiger partial charge in [0.1, 0.15) is 0 Å². The van der Waals surface area contributed by atoms with E-state index in [1.54, 1.807) is 0 Å². The van der Waals surface area contributed by atoms with E-state index in [9.17, 15) is 4.79 Å². The number of hydrogen-bond acceptors (Lipinski definition) is 3. The average molecular weight is 255 g/mol. The smallest absolute Gasteiger partial charge is 0.238 e. The van der Waals surface area contributed by atoms with Crippen molar-refractivity contribution >= 4 is 5.91 Å². The van der Waals surface area contributed by atoms with Crippen molar-refractivity contribution in [1.82, 2.24) is 10.3 Å². The van der Waals surface area contributed by atoms with Crippen molar-refractivity contribution in [2.75, 3.05) is 13.1 Å². The molecule has 4 heteroatoms. The maximum atomic E-state index is 11.6. The second-order valence-electron chi connectivity index (χ2n) is 6.01. The van der Waals surface area contributed by atoms with E-state index >= 15 is 0 Å². The summed E-state index contributed by atoms with van der Waals surface area (Å²) < 4.78 is 0. The number of hydrogen-bond donors (Lipinski definition) is 2. The van der Waals surface area contributed by atoms with Crippen LogP contribution in [-0.4, -0.2) is 29.9 Å². The predicted molar refractivity (Wildman–Crippen MR) is 74.7 cm³/mol. The SMILES string of the molecule is CC(C)C1CCCN(C(C)C(C)C(=O)NN)CC1. The molecule has 1 fully saturated rings. The average Bonchev–Trinajstić information content (AvgIpc) is 2.61. The number of carbonyl (C=O) groups is 1. The Bertz CT molecular complexity index is 268. The highest BCUT2D eigenvalue weighted by atomic mass is 16.2. The first-order valence-electron chi connectivity index (χ1n) is 7.21. The Hall–Kier alpha value is -0.610. The van der Waals surface area contributed by atoms with Crippen LogP contribution < -0.4 is 11.3 Å². The van der Waals surface area contributed by atoms with Gasteiger partial charge in [-0.2, -0.15) is 0 Å². The van der Waals surface area contributed by atoms with Crippen LogP contribution in [0, 0.1) is 17.8 Å². The molecule has 1 amide bonds. The number of rotatable bonds is 4. The molecule has 0 aromatic heterocycles. The molecule has 106 valence electrons. The van der Waals surface area contributed by atoms with E-state index in [0.29, 0.717) is 0 Å². The van der Waals surface area contributed by atoms with Crippen LogP contribution in [0.5, 0.6) is 0 Å². The van der Waals surface area contributed by atoms with E-state index in [1.165, 1.54) is 19.3 Å². The molecule has 3 unspecified atom stereocenters. The van der Waals surface area contributed by atoms with E-state index in [1.807, 2.05) is 6.92 Å². The summed E-state index contributed by atoms with van der Waals surface area (Å²) in [5.41, 5.74) is 2.26. The molecule has 1 aliphatic rings. The van der Waals surface area contributed by atoms with Crippen molar-refractivity contribution in [2.45, 2.75) is 53.0 Å². The minimum Gasteiger partial charge on any atom is -0.300 e. The Morgan fingerprint density at radius 1 is 1.22 bits per heavy atom. The Kier molecular flexibility index (Phi) is 6.09. The number of hydrazine groups is 1. The first-order valence-corrected chi connectivity index (χ1v) is 7.21. The fraction of sp³-hybridized carbons (Fsp3) is 0.929. The number of likely N-dealkylation sites (tertiary alicyclic amines) is 1. The zero-order valence-corrected chi connectivity index (χ0v) is 12.3. The molecule has 0 spiro atoms. The van der Waals surface area contributed by atoms with Gasteiger partial charge < -0.3 is 0 Å². The zero-order chi connectivity index (χ0) is 13.7. The summed E-state index contributed by atoms with van der Waals surface area (Å²) in [4.78, 5) is 14.0. The number of nitrogens with zero attached hydrogens (tertiary/aromatic N) is 1. The van der Waals surface area contributed by atoms with Crippen molar-refractivity contribution in [3.05, 3.63) is 0 Å². The van der Waals surface area contributed by atoms with E-state index in [4.69, 9.17) is 5.84 Å². The van der Waals surface area contributed by atoms with Gasteiger partial charge in [0.05, 0.1) is 5.92 Å². The highest BCUT2D eigenvalue weighted by Crippen LogP contribution is 2.26. The maximum absolute atomic E-state index is 11.6. The van der Waals surface area contributed by atoms with E-state index in [0.717, 1.165) is 24.9 Å². The van der Waals surface area contributed by atoms with Crippen LogP contribution in [0.25, 0.3) is 0 Å². The zero-order valence-electron chi connectivity index (χ0n) is 12.3. The van der Waals surface area contributed by atoms with Crippen LogP contribution in [0.3, 0.4) is 0 Å². The summed E-state index contributed by atoms with van der Waals surface area (Å²) in [5, 5.41) is 0. The fourth-order valence-corrected chi connectivity index (χ4v) is 2.89. The molecule has 3 atom stereocenters. The summed E-state index contributed by atoms with van der Waals surface area (Å²) in [6.07, 6.45) is 3.81. The number of nitrogens with one attached hydrogen (secondary N) is 1. The van der Waals surface area contributed by atoms with E-state index < -0.39 is 0 Å². The largest absolute Gasteiger partial charge is 0.300 e. The van der Waals surface area contributed by atoms with Gasteiger partial charge in [-0.1, -0.05) is 20.8 Å². The molecule has 0 aromatic carbocycles. The molecule has 1 aliphatic heterocycles. The molecule has 0 saturated carbocycles. The summed E-state index contributed by atoms with van der Waals surface area (Å²) in [6, 6.07) is 0.263. The Labute approximate surface area is 111 Å². The third-order valence-corrected chi connectivity index (χ3v) is 4.61. The quantitative estimate of drug-likeness (QED) is 0.457. The molecule has 0 aliphatic carbocycles. The first-order chi connectivity index (χ1) is 8.47. The van der Waals surface area contributed by atoms with Gasteiger partial charge >= 0.3 is 0 Å². The number of amides is 1. The van der Waals surface area contributed by atoms with Crippen molar-refractivity contribution < 1.29 is 4.79 Å². The lowest BCUT2D eigenvalue weighted by atomic mass is 9.89. The van der Waals surface area contributed by atoms with Crippen molar-refractivity contribution in [1.29, 1.82) is 0 Å². The summed E-state index contributed by atoms with van der Waals surface area (Å²) in [6.45, 7) is 10.9. The molecule has 1 heterocycles. The Morgan fingerprint density at radius 3 is 2.44 bits per heavy atom. The van der Waals surface area contributed by atoms with Gasteiger partial charge in [-0.25, -0.2) is 5.84 Å². The van der Waals surface area contributed by atoms with Gasteiger partial charge in [0, 0.05) is 6.04 Å². The molecule has 0 aromatic rings. The monoisotopic (exact) mass is 255 g/mol. The van der Waals surface area contributed by atoms with Crippen molar-refractivity contribution in [3.63, 3.8) is 0 Å². The maximum Gasteiger partial charge on any atom is 0.238 e. The Balaban J connectivity index is 2.54. The summed E-state index contributed by atoms with van der Waals surface area (Å²) in [7, 11) is 0. The van der Waals surface area contributed by atoms with Crippen molar-refractivity contribution in [3.8, 4) is 0 Å². The van der Waals surface area contributed by atoms with Crippen LogP contribution in [0.2, 0.25) is 0 Å². The van der Waals surface area contributed by atoms with E-state index in [2.05, 4.69) is 31.1 Å². The van der Waals surface area contributed by atoms with Gasteiger partial charge in [-0.05, 0) is 51.1 Å². The fourth-order valence-electron chi connectivity index (χ4n) is 2.89. The minimum absolute atomic E-state index is 0.0504. The number of nitrogens with two attached hydrogens (primary N) is 1. The highest BCUT2D eigenvalue weighted by molar-refractivity contribution is 5.78. The second-order valence-corrected chi connectivity index (χ2v) is 6.01. The highest BCUT2D eigenvalue weighted by Gasteiger charge is 2.27. The molecule has 4 nitrogen and oxygen atoms in total. The minimum atomic E-state index is -0.0628. The van der Waals surface area contributed by atoms with Gasteiger partial charge in [-0.3, -0.25) is 15.1 Å². The van der Waals surface area contributed by atoms with Crippen LogP contribution in [0.4, 0.5) is 0 Å². The van der Waals surface area contributed by atoms with Crippen LogP contribution in [-0.2, 0) is 4.79 Å². The topological polar surface area (TPSA) is 58.4 Å². The molecule has 0 bridgehead atoms. The molecule has 0 radical (unpaired) electrons. The van der Waals surface area contributed by atoms with Gasteiger partial charge in [0.25, 0.3) is 0 Å². The number of carbonyl (C=O) groups excluding carboxylic acids is 1. The van der Waals surface area contributed by atoms with Crippen LogP contribution in [0.1, 0.15) is 47.0 Å². The summed E-state index contributed by atoms with van der Waals surface area (Å²) >= 11 is 0. The lowest BCUT2D eigenvalue weighted by Crippen LogP contribution is -2.46. The summed E-state index contributed by atoms with van der Waals surface area (Å²) in [5.74, 6) is 6.70. The molecule has 18 heavy (non-hydrogen) atoms. The molecular weight excluding hydrogens is 226 g/mol. The first kappa shape index (κ1) is 15.4. The third kappa shape index (κ3) is 3.95. The predicted octanol–water partition coefficient (Wildman–Crippen LogP) is 1.76. The van der Waals surface area contributed by atoms with Crippen molar-refractivity contribution in [2.24, 2.45) is 23.6 Å². The standard InChI is InChI=1S/C14H29N3O/c1-10(2)13-6-5-8-17(9-7-13)12(4)11(3)14(18)16-15/h10-13H,5-9,15H2,1-4H3,(H,16,18). The van der Waals surface area contributed by atoms with Gasteiger partial charge in [-0.15, -0.1) is 0 Å². The molecular formula is C14H29N3O. The molecule has 3 N–H and O–H groups in total. The lowest BCUT2D eigenvalue weighted by molar-refractivity contribution is -0.126. The second kappa shape index (κ2) is 7.10. The van der Waals surface area contributed by atoms with E-state index in [-0.39, 0.29) is 17.9 Å². The normalized spacial score (nSPS) is 25.6. The molecule has 1 saturated heterocycles. The van der Waals surface area contributed by atoms with Gasteiger partial charge in [0.15, 0.2) is 0 Å². The molecule has 1 rings (SSSR count). The Morgan fingerprint density at radius 2 is 1.89 bits per heavy atom. The third-order valence-electron chi connectivity index (χ3n) is 4.61. The van der Waals surface area contributed by atoms with Gasteiger partial charge in [0.2, 0.25) is 5.91 Å². The van der Waals surface area contributed by atoms with Crippen LogP contribution >= 0.6 is 0 Å². The lowest BCUT2D eigenvalue weighted by Gasteiger charge is -2.31. The van der Waals surface area contributed by atoms with Crippen LogP contribution in [0.15, 0.2) is 0 Å².